The number of rotatable bonds is 6. The molecule has 3 aromatic carbocycles. The van der Waals surface area contributed by atoms with Crippen LogP contribution in [0, 0.1) is 5.82 Å². The zero-order valence-corrected chi connectivity index (χ0v) is 15.7. The van der Waals surface area contributed by atoms with Gasteiger partial charge < -0.3 is 15.4 Å². The number of para-hydroxylation sites is 2. The number of anilines is 2. The Morgan fingerprint density at radius 1 is 0.897 bits per heavy atom. The van der Waals surface area contributed by atoms with Gasteiger partial charge in [-0.05, 0) is 60.2 Å². The standard InChI is InChI=1S/C23H19FN2O3/c1-29-21-5-3-2-4-20(21)26-23(28)17-9-13-19(14-10-17)25-22(27)15-8-16-6-11-18(24)12-7-16/h2-15H,1H3,(H,25,27)(H,26,28)/b15-8+. The second-order valence-corrected chi connectivity index (χ2v) is 6.11. The molecule has 0 spiro atoms. The number of hydrogen-bond donors (Lipinski definition) is 2. The van der Waals surface area contributed by atoms with E-state index in [1.165, 1.54) is 25.3 Å². The number of carbonyl (C=O) groups is 2. The van der Waals surface area contributed by atoms with Crippen LogP contribution >= 0.6 is 0 Å². The van der Waals surface area contributed by atoms with Crippen molar-refractivity contribution < 1.29 is 18.7 Å². The zero-order valence-electron chi connectivity index (χ0n) is 15.7. The van der Waals surface area contributed by atoms with Gasteiger partial charge in [-0.3, -0.25) is 9.59 Å². The van der Waals surface area contributed by atoms with Gasteiger partial charge in [-0.15, -0.1) is 0 Å². The molecule has 0 heterocycles. The highest BCUT2D eigenvalue weighted by Gasteiger charge is 2.09. The maximum atomic E-state index is 12.9. The van der Waals surface area contributed by atoms with E-state index in [4.69, 9.17) is 4.74 Å². The minimum atomic E-state index is -0.333. The second kappa shape index (κ2) is 9.32. The largest absolute Gasteiger partial charge is 0.495 e. The first-order valence-electron chi connectivity index (χ1n) is 8.84. The summed E-state index contributed by atoms with van der Waals surface area (Å²) in [6.07, 6.45) is 2.94. The van der Waals surface area contributed by atoms with Crippen LogP contribution in [0.25, 0.3) is 6.08 Å². The van der Waals surface area contributed by atoms with Crippen LogP contribution in [-0.2, 0) is 4.79 Å². The van der Waals surface area contributed by atoms with E-state index in [0.717, 1.165) is 0 Å². The van der Waals surface area contributed by atoms with Gasteiger partial charge in [-0.25, -0.2) is 4.39 Å². The molecule has 0 fully saturated rings. The summed E-state index contributed by atoms with van der Waals surface area (Å²) >= 11 is 0. The summed E-state index contributed by atoms with van der Waals surface area (Å²) in [6.45, 7) is 0. The molecule has 6 heteroatoms. The molecule has 0 bridgehead atoms. The Balaban J connectivity index is 1.60. The van der Waals surface area contributed by atoms with Gasteiger partial charge in [0.25, 0.3) is 5.91 Å². The third-order valence-corrected chi connectivity index (χ3v) is 4.07. The van der Waals surface area contributed by atoms with Crippen molar-refractivity contribution in [2.45, 2.75) is 0 Å². The quantitative estimate of drug-likeness (QED) is 0.598. The fraction of sp³-hybridized carbons (Fsp3) is 0.0435. The summed E-state index contributed by atoms with van der Waals surface area (Å²) in [4.78, 5) is 24.4. The van der Waals surface area contributed by atoms with Crippen molar-refractivity contribution >= 4 is 29.3 Å². The molecule has 0 saturated carbocycles. The van der Waals surface area contributed by atoms with Gasteiger partial charge in [0.2, 0.25) is 5.91 Å². The third-order valence-electron chi connectivity index (χ3n) is 4.07. The van der Waals surface area contributed by atoms with Crippen LogP contribution in [0.1, 0.15) is 15.9 Å². The van der Waals surface area contributed by atoms with Gasteiger partial charge in [0.05, 0.1) is 12.8 Å². The minimum absolute atomic E-state index is 0.288. The topological polar surface area (TPSA) is 67.4 Å². The van der Waals surface area contributed by atoms with Gasteiger partial charge in [0.15, 0.2) is 0 Å². The Kier molecular flexibility index (Phi) is 6.37. The van der Waals surface area contributed by atoms with E-state index < -0.39 is 0 Å². The van der Waals surface area contributed by atoms with Crippen LogP contribution in [0.2, 0.25) is 0 Å². The fourth-order valence-electron chi connectivity index (χ4n) is 2.58. The summed E-state index contributed by atoms with van der Waals surface area (Å²) in [5.74, 6) is -0.386. The highest BCUT2D eigenvalue weighted by atomic mass is 19.1. The van der Waals surface area contributed by atoms with Crippen LogP contribution in [0.3, 0.4) is 0 Å². The molecule has 0 unspecified atom stereocenters. The smallest absolute Gasteiger partial charge is 0.255 e. The molecule has 0 saturated heterocycles. The lowest BCUT2D eigenvalue weighted by Gasteiger charge is -2.10. The summed E-state index contributed by atoms with van der Waals surface area (Å²) in [6, 6.07) is 19.4. The average Bonchev–Trinajstić information content (AvgIpc) is 2.74. The first-order valence-corrected chi connectivity index (χ1v) is 8.84. The predicted octanol–water partition coefficient (Wildman–Crippen LogP) is 4.74. The molecule has 0 atom stereocenters. The Bertz CT molecular complexity index is 1030. The maximum absolute atomic E-state index is 12.9. The molecule has 0 aliphatic rings. The van der Waals surface area contributed by atoms with Crippen LogP contribution in [0.15, 0.2) is 78.9 Å². The lowest BCUT2D eigenvalue weighted by Crippen LogP contribution is -2.13. The molecular formula is C23H19FN2O3. The average molecular weight is 390 g/mol. The molecule has 0 aliphatic carbocycles. The first-order chi connectivity index (χ1) is 14.0. The normalized spacial score (nSPS) is 10.6. The van der Waals surface area contributed by atoms with Crippen molar-refractivity contribution in [3.8, 4) is 5.75 Å². The van der Waals surface area contributed by atoms with Gasteiger partial charge >= 0.3 is 0 Å². The first kappa shape index (κ1) is 19.8. The summed E-state index contributed by atoms with van der Waals surface area (Å²) in [7, 11) is 1.53. The molecule has 2 amide bonds. The van der Waals surface area contributed by atoms with Crippen LogP contribution in [-0.4, -0.2) is 18.9 Å². The molecule has 0 aliphatic heterocycles. The van der Waals surface area contributed by atoms with E-state index in [2.05, 4.69) is 10.6 Å². The number of halogens is 1. The van der Waals surface area contributed by atoms with Crippen molar-refractivity contribution in [3.05, 3.63) is 95.8 Å². The lowest BCUT2D eigenvalue weighted by molar-refractivity contribution is -0.111. The van der Waals surface area contributed by atoms with Crippen LogP contribution < -0.4 is 15.4 Å². The van der Waals surface area contributed by atoms with Crippen molar-refractivity contribution in [1.29, 1.82) is 0 Å². The number of nitrogens with one attached hydrogen (secondary N) is 2. The lowest BCUT2D eigenvalue weighted by atomic mass is 10.1. The van der Waals surface area contributed by atoms with Gasteiger partial charge in [-0.1, -0.05) is 24.3 Å². The zero-order chi connectivity index (χ0) is 20.6. The summed E-state index contributed by atoms with van der Waals surface area (Å²) in [5, 5.41) is 5.50. The number of carbonyl (C=O) groups excluding carboxylic acids is 2. The van der Waals surface area contributed by atoms with Gasteiger partial charge in [0.1, 0.15) is 11.6 Å². The highest BCUT2D eigenvalue weighted by molar-refractivity contribution is 6.06. The SMILES string of the molecule is COc1ccccc1NC(=O)c1ccc(NC(=O)/C=C/c2ccc(F)cc2)cc1. The summed E-state index contributed by atoms with van der Waals surface area (Å²) in [5.41, 5.74) is 2.27. The molecular weight excluding hydrogens is 371 g/mol. The summed E-state index contributed by atoms with van der Waals surface area (Å²) < 4.78 is 18.1. The predicted molar refractivity (Wildman–Crippen MR) is 111 cm³/mol. The van der Waals surface area contributed by atoms with Gasteiger partial charge in [0, 0.05) is 17.3 Å². The third kappa shape index (κ3) is 5.52. The molecule has 2 N–H and O–H groups in total. The second-order valence-electron chi connectivity index (χ2n) is 6.11. The Morgan fingerprint density at radius 3 is 2.28 bits per heavy atom. The number of methoxy groups -OCH3 is 1. The van der Waals surface area contributed by atoms with Crippen LogP contribution in [0.5, 0.6) is 5.75 Å². The molecule has 0 radical (unpaired) electrons. The number of benzene rings is 3. The highest BCUT2D eigenvalue weighted by Crippen LogP contribution is 2.23. The van der Waals surface area contributed by atoms with Crippen LogP contribution in [0.4, 0.5) is 15.8 Å². The fourth-order valence-corrected chi connectivity index (χ4v) is 2.58. The molecule has 3 aromatic rings. The molecule has 5 nitrogen and oxygen atoms in total. The van der Waals surface area contributed by atoms with Crippen molar-refractivity contribution in [3.63, 3.8) is 0 Å². The van der Waals surface area contributed by atoms with E-state index in [0.29, 0.717) is 28.3 Å². The van der Waals surface area contributed by atoms with Crippen molar-refractivity contribution in [2.75, 3.05) is 17.7 Å². The maximum Gasteiger partial charge on any atom is 0.255 e. The number of ether oxygens (including phenoxy) is 1. The number of hydrogen-bond acceptors (Lipinski definition) is 3. The van der Waals surface area contributed by atoms with E-state index >= 15 is 0 Å². The Labute approximate surface area is 167 Å². The van der Waals surface area contributed by atoms with E-state index in [-0.39, 0.29) is 17.6 Å². The minimum Gasteiger partial charge on any atom is -0.495 e. The Morgan fingerprint density at radius 2 is 1.59 bits per heavy atom. The molecule has 146 valence electrons. The van der Waals surface area contributed by atoms with Crippen molar-refractivity contribution in [1.82, 2.24) is 0 Å². The Hall–Kier alpha value is -3.93. The van der Waals surface area contributed by atoms with E-state index in [1.54, 1.807) is 60.7 Å². The molecule has 29 heavy (non-hydrogen) atoms. The number of amides is 2. The van der Waals surface area contributed by atoms with Crippen molar-refractivity contribution in [2.24, 2.45) is 0 Å². The van der Waals surface area contributed by atoms with E-state index in [1.807, 2.05) is 6.07 Å². The molecule has 3 rings (SSSR count). The monoisotopic (exact) mass is 390 g/mol. The molecule has 0 aromatic heterocycles. The van der Waals surface area contributed by atoms with Gasteiger partial charge in [-0.2, -0.15) is 0 Å². The van der Waals surface area contributed by atoms with E-state index in [9.17, 15) is 14.0 Å².